The zero-order valence-electron chi connectivity index (χ0n) is 19.4. The van der Waals surface area contributed by atoms with Crippen LogP contribution in [0.1, 0.15) is 69.7 Å². The van der Waals surface area contributed by atoms with Crippen LogP contribution in [-0.2, 0) is 19.1 Å². The molecule has 1 aliphatic rings. The van der Waals surface area contributed by atoms with E-state index in [1.165, 1.54) is 13.2 Å². The Balaban J connectivity index is 1.72. The van der Waals surface area contributed by atoms with Crippen molar-refractivity contribution < 1.29 is 28.7 Å². The van der Waals surface area contributed by atoms with Gasteiger partial charge < -0.3 is 14.8 Å². The van der Waals surface area contributed by atoms with E-state index in [2.05, 4.69) is 5.32 Å². The smallest absolute Gasteiger partial charge is 0.408 e. The molecule has 1 aromatic rings. The summed E-state index contributed by atoms with van der Waals surface area (Å²) in [5.74, 6) is -1.09. The molecule has 0 unspecified atom stereocenters. The molecule has 3 atom stereocenters. The molecule has 0 spiro atoms. The molecule has 33 heavy (non-hydrogen) atoms. The van der Waals surface area contributed by atoms with Crippen molar-refractivity contribution in [3.05, 3.63) is 33.8 Å². The number of ketones is 2. The molecular weight excluding hydrogens is 469 g/mol. The topological polar surface area (TPSA) is 98.8 Å². The van der Waals surface area contributed by atoms with Crippen molar-refractivity contribution in [2.75, 3.05) is 7.11 Å². The number of benzene rings is 1. The fourth-order valence-corrected chi connectivity index (χ4v) is 3.85. The molecular formula is C24H31Cl2NO6. The Kier molecular flexibility index (Phi) is 9.73. The molecule has 1 amide bonds. The number of alkyl carbamates (subject to hydrolysis) is 1. The van der Waals surface area contributed by atoms with Gasteiger partial charge in [0, 0.05) is 23.8 Å². The SMILES string of the molecule is COC(=O)[C@H](CCCCCC(=O)[C@H]1C[C@@H]1C(=O)c1ccc(Cl)c(Cl)c1)NC(=O)OC(C)(C)C. The number of amides is 1. The Morgan fingerprint density at radius 3 is 2.36 bits per heavy atom. The highest BCUT2D eigenvalue weighted by molar-refractivity contribution is 6.42. The first-order valence-electron chi connectivity index (χ1n) is 11.0. The maximum Gasteiger partial charge on any atom is 0.408 e. The highest BCUT2D eigenvalue weighted by Crippen LogP contribution is 2.43. The van der Waals surface area contributed by atoms with Crippen molar-refractivity contribution in [2.24, 2.45) is 11.8 Å². The Morgan fingerprint density at radius 1 is 1.06 bits per heavy atom. The molecule has 1 fully saturated rings. The predicted octanol–water partition coefficient (Wildman–Crippen LogP) is 5.40. The van der Waals surface area contributed by atoms with E-state index in [0.717, 1.165) is 0 Å². The number of Topliss-reactive ketones (excluding diaryl/α,β-unsaturated/α-hetero) is 2. The van der Waals surface area contributed by atoms with Gasteiger partial charge in [-0.1, -0.05) is 36.0 Å². The fraction of sp³-hybridized carbons (Fsp3) is 0.583. The minimum absolute atomic E-state index is 0.0739. The largest absolute Gasteiger partial charge is 0.467 e. The van der Waals surface area contributed by atoms with Gasteiger partial charge >= 0.3 is 12.1 Å². The molecule has 0 heterocycles. The van der Waals surface area contributed by atoms with Crippen molar-refractivity contribution in [1.29, 1.82) is 0 Å². The van der Waals surface area contributed by atoms with Crippen LogP contribution in [-0.4, -0.2) is 42.4 Å². The van der Waals surface area contributed by atoms with Crippen LogP contribution in [0.2, 0.25) is 10.0 Å². The van der Waals surface area contributed by atoms with Crippen molar-refractivity contribution in [2.45, 2.75) is 70.9 Å². The third-order valence-corrected chi connectivity index (χ3v) is 6.08. The van der Waals surface area contributed by atoms with Crippen LogP contribution in [0.3, 0.4) is 0 Å². The summed E-state index contributed by atoms with van der Waals surface area (Å²) < 4.78 is 9.94. The summed E-state index contributed by atoms with van der Waals surface area (Å²) in [4.78, 5) is 48.9. The highest BCUT2D eigenvalue weighted by atomic mass is 35.5. The monoisotopic (exact) mass is 499 g/mol. The standard InChI is InChI=1S/C24H31Cl2NO6/c1-24(2,3)33-23(31)27-19(22(30)32-4)8-6-5-7-9-20(28)15-13-16(15)21(29)14-10-11-17(25)18(26)12-14/h10-12,15-16,19H,5-9,13H2,1-4H3,(H,27,31)/t15-,16-,19-/m0/s1. The minimum atomic E-state index is -0.808. The van der Waals surface area contributed by atoms with Crippen LogP contribution in [0.5, 0.6) is 0 Å². The molecule has 7 nitrogen and oxygen atoms in total. The van der Waals surface area contributed by atoms with Gasteiger partial charge in [0.15, 0.2) is 5.78 Å². The number of esters is 1. The molecule has 0 radical (unpaired) electrons. The summed E-state index contributed by atoms with van der Waals surface area (Å²) in [6.07, 6.45) is 2.59. The number of carbonyl (C=O) groups excluding carboxylic acids is 4. The number of hydrogen-bond acceptors (Lipinski definition) is 6. The van der Waals surface area contributed by atoms with Crippen molar-refractivity contribution in [3.63, 3.8) is 0 Å². The van der Waals surface area contributed by atoms with Gasteiger partial charge in [0.05, 0.1) is 17.2 Å². The van der Waals surface area contributed by atoms with Crippen LogP contribution < -0.4 is 5.32 Å². The summed E-state index contributed by atoms with van der Waals surface area (Å²) in [7, 11) is 1.26. The Bertz CT molecular complexity index is 895. The minimum Gasteiger partial charge on any atom is -0.467 e. The summed E-state index contributed by atoms with van der Waals surface area (Å²) in [5.41, 5.74) is -0.205. The van der Waals surface area contributed by atoms with Gasteiger partial charge in [-0.25, -0.2) is 9.59 Å². The first-order chi connectivity index (χ1) is 15.4. The number of unbranched alkanes of at least 4 members (excludes halogenated alkanes) is 2. The van der Waals surface area contributed by atoms with E-state index in [0.29, 0.717) is 54.1 Å². The quantitative estimate of drug-likeness (QED) is 0.248. The number of carbonyl (C=O) groups is 4. The zero-order chi connectivity index (χ0) is 24.8. The van der Waals surface area contributed by atoms with E-state index in [9.17, 15) is 19.2 Å². The average molecular weight is 500 g/mol. The van der Waals surface area contributed by atoms with Crippen molar-refractivity contribution in [1.82, 2.24) is 5.32 Å². The predicted molar refractivity (Wildman–Crippen MR) is 126 cm³/mol. The third-order valence-electron chi connectivity index (χ3n) is 5.34. The maximum absolute atomic E-state index is 12.6. The Labute approximate surface area is 204 Å². The molecule has 0 saturated heterocycles. The summed E-state index contributed by atoms with van der Waals surface area (Å²) in [6.45, 7) is 5.21. The van der Waals surface area contributed by atoms with E-state index < -0.39 is 23.7 Å². The molecule has 0 aromatic heterocycles. The molecule has 1 aromatic carbocycles. The van der Waals surface area contributed by atoms with Crippen molar-refractivity contribution >= 4 is 46.8 Å². The molecule has 1 aliphatic carbocycles. The van der Waals surface area contributed by atoms with E-state index in [1.807, 2.05) is 0 Å². The first kappa shape index (κ1) is 27.1. The molecule has 1 N–H and O–H groups in total. The summed E-state index contributed by atoms with van der Waals surface area (Å²) in [6, 6.07) is 3.93. The molecule has 0 bridgehead atoms. The summed E-state index contributed by atoms with van der Waals surface area (Å²) in [5, 5.41) is 3.23. The van der Waals surface area contributed by atoms with Crippen LogP contribution in [0, 0.1) is 11.8 Å². The second kappa shape index (κ2) is 11.8. The van der Waals surface area contributed by atoms with Crippen LogP contribution >= 0.6 is 23.2 Å². The van der Waals surface area contributed by atoms with Gasteiger partial charge in [-0.3, -0.25) is 9.59 Å². The van der Waals surface area contributed by atoms with Gasteiger partial charge in [0.2, 0.25) is 0 Å². The number of ether oxygens (including phenoxy) is 2. The molecule has 0 aliphatic heterocycles. The lowest BCUT2D eigenvalue weighted by Gasteiger charge is -2.22. The lowest BCUT2D eigenvalue weighted by molar-refractivity contribution is -0.143. The van der Waals surface area contributed by atoms with E-state index in [-0.39, 0.29) is 23.4 Å². The van der Waals surface area contributed by atoms with Gasteiger partial charge in [-0.05, 0) is 58.2 Å². The van der Waals surface area contributed by atoms with Crippen molar-refractivity contribution in [3.8, 4) is 0 Å². The fourth-order valence-electron chi connectivity index (χ4n) is 3.55. The van der Waals surface area contributed by atoms with E-state index in [1.54, 1.807) is 32.9 Å². The van der Waals surface area contributed by atoms with Gasteiger partial charge in [0.25, 0.3) is 0 Å². The number of halogens is 2. The highest BCUT2D eigenvalue weighted by Gasteiger charge is 2.47. The molecule has 182 valence electrons. The van der Waals surface area contributed by atoms with E-state index in [4.69, 9.17) is 32.7 Å². The Hall–Kier alpha value is -2.12. The number of nitrogens with one attached hydrogen (secondary N) is 1. The maximum atomic E-state index is 12.6. The number of methoxy groups -OCH3 is 1. The van der Waals surface area contributed by atoms with Crippen LogP contribution in [0.4, 0.5) is 4.79 Å². The number of hydrogen-bond donors (Lipinski definition) is 1. The second-order valence-electron chi connectivity index (χ2n) is 9.23. The third kappa shape index (κ3) is 8.63. The lowest BCUT2D eigenvalue weighted by Crippen LogP contribution is -2.44. The van der Waals surface area contributed by atoms with E-state index >= 15 is 0 Å². The first-order valence-corrected chi connectivity index (χ1v) is 11.8. The molecule has 2 rings (SSSR count). The second-order valence-corrected chi connectivity index (χ2v) is 10.0. The van der Waals surface area contributed by atoms with Gasteiger partial charge in [-0.15, -0.1) is 0 Å². The normalized spacial score (nSPS) is 18.2. The lowest BCUT2D eigenvalue weighted by atomic mass is 10.0. The zero-order valence-corrected chi connectivity index (χ0v) is 20.9. The Morgan fingerprint density at radius 2 is 1.76 bits per heavy atom. The van der Waals surface area contributed by atoms with Crippen LogP contribution in [0.15, 0.2) is 18.2 Å². The number of rotatable bonds is 11. The molecule has 9 heteroatoms. The van der Waals surface area contributed by atoms with Crippen LogP contribution in [0.25, 0.3) is 0 Å². The van der Waals surface area contributed by atoms with Gasteiger partial charge in [-0.2, -0.15) is 0 Å². The van der Waals surface area contributed by atoms with Gasteiger partial charge in [0.1, 0.15) is 17.4 Å². The molecule has 1 saturated carbocycles. The average Bonchev–Trinajstić information content (AvgIpc) is 3.53. The summed E-state index contributed by atoms with van der Waals surface area (Å²) >= 11 is 11.9.